The van der Waals surface area contributed by atoms with E-state index in [4.69, 9.17) is 0 Å². The van der Waals surface area contributed by atoms with Crippen molar-refractivity contribution in [2.45, 2.75) is 25.1 Å². The molecule has 1 rings (SSSR count). The molecule has 0 N–H and O–H groups in total. The minimum Gasteiger partial charge on any atom is -0.469 e. The minimum absolute atomic E-state index is 0.147. The first-order valence-electron chi connectivity index (χ1n) is 5.34. The van der Waals surface area contributed by atoms with Crippen molar-refractivity contribution in [2.75, 3.05) is 7.11 Å². The molecule has 0 aliphatic heterocycles. The Morgan fingerprint density at radius 1 is 1.47 bits per heavy atom. The summed E-state index contributed by atoms with van der Waals surface area (Å²) < 4.78 is 4.66. The lowest BCUT2D eigenvalue weighted by molar-refractivity contribution is -0.139. The zero-order valence-corrected chi connectivity index (χ0v) is 11.5. The van der Waals surface area contributed by atoms with Crippen LogP contribution < -0.4 is 0 Å². The maximum atomic E-state index is 11.4. The summed E-state index contributed by atoms with van der Waals surface area (Å²) in [6, 6.07) is 6.08. The highest BCUT2D eigenvalue weighted by Gasteiger charge is 2.15. The predicted octanol–water partition coefficient (Wildman–Crippen LogP) is 2.73. The number of carbonyl (C=O) groups excluding carboxylic acids is 1. The lowest BCUT2D eigenvalue weighted by Gasteiger charge is -2.11. The zero-order valence-electron chi connectivity index (χ0n) is 9.92. The summed E-state index contributed by atoms with van der Waals surface area (Å²) in [6.45, 7) is 1.99. The molecule has 0 heterocycles. The highest BCUT2D eigenvalue weighted by molar-refractivity contribution is 9.08. The fourth-order valence-electron chi connectivity index (χ4n) is 1.72. The van der Waals surface area contributed by atoms with E-state index >= 15 is 0 Å². The quantitative estimate of drug-likeness (QED) is 0.634. The predicted molar refractivity (Wildman–Crippen MR) is 68.9 cm³/mol. The van der Waals surface area contributed by atoms with E-state index in [2.05, 4.69) is 26.7 Å². The second kappa shape index (κ2) is 6.41. The molecule has 0 unspecified atom stereocenters. The van der Waals surface area contributed by atoms with Gasteiger partial charge in [-0.25, -0.2) is 0 Å². The number of aryl methyl sites for hydroxylation is 1. The van der Waals surface area contributed by atoms with E-state index in [-0.39, 0.29) is 12.4 Å². The van der Waals surface area contributed by atoms with Crippen molar-refractivity contribution >= 4 is 21.9 Å². The van der Waals surface area contributed by atoms with Gasteiger partial charge in [-0.2, -0.15) is 5.26 Å². The molecule has 0 atom stereocenters. The van der Waals surface area contributed by atoms with Gasteiger partial charge in [0.2, 0.25) is 0 Å². The van der Waals surface area contributed by atoms with Crippen LogP contribution in [0.25, 0.3) is 0 Å². The van der Waals surface area contributed by atoms with Gasteiger partial charge in [-0.15, -0.1) is 0 Å². The Balaban J connectivity index is 3.31. The Bertz CT molecular complexity index is 463. The number of nitrogens with zero attached hydrogens (tertiary/aromatic N) is 1. The maximum absolute atomic E-state index is 11.4. The second-order valence-corrected chi connectivity index (χ2v) is 4.15. The van der Waals surface area contributed by atoms with E-state index in [0.29, 0.717) is 10.9 Å². The smallest absolute Gasteiger partial charge is 0.310 e. The molecule has 17 heavy (non-hydrogen) atoms. The van der Waals surface area contributed by atoms with Crippen LogP contribution in [0.1, 0.15) is 29.2 Å². The van der Waals surface area contributed by atoms with Gasteiger partial charge in [0, 0.05) is 5.33 Å². The van der Waals surface area contributed by atoms with Crippen LogP contribution in [0.2, 0.25) is 0 Å². The van der Waals surface area contributed by atoms with Crippen molar-refractivity contribution in [3.8, 4) is 6.07 Å². The first kappa shape index (κ1) is 13.7. The minimum atomic E-state index is -0.322. The molecule has 0 aliphatic carbocycles. The number of nitriles is 1. The molecule has 0 bridgehead atoms. The van der Waals surface area contributed by atoms with Crippen molar-refractivity contribution in [3.05, 3.63) is 34.4 Å². The summed E-state index contributed by atoms with van der Waals surface area (Å²) in [6.07, 6.45) is 0.924. The number of halogens is 1. The first-order valence-corrected chi connectivity index (χ1v) is 6.46. The lowest BCUT2D eigenvalue weighted by atomic mass is 9.94. The van der Waals surface area contributed by atoms with Crippen LogP contribution in [0.5, 0.6) is 0 Å². The summed E-state index contributed by atoms with van der Waals surface area (Å²) >= 11 is 3.37. The van der Waals surface area contributed by atoms with Gasteiger partial charge < -0.3 is 4.74 Å². The number of benzene rings is 1. The van der Waals surface area contributed by atoms with Crippen LogP contribution in [0.15, 0.2) is 12.1 Å². The highest BCUT2D eigenvalue weighted by atomic mass is 79.9. The Morgan fingerprint density at radius 3 is 2.59 bits per heavy atom. The van der Waals surface area contributed by atoms with Crippen LogP contribution in [0.4, 0.5) is 0 Å². The van der Waals surface area contributed by atoms with Crippen LogP contribution in [0, 0.1) is 11.3 Å². The molecule has 1 aromatic carbocycles. The van der Waals surface area contributed by atoms with Crippen LogP contribution in [-0.2, 0) is 27.7 Å². The van der Waals surface area contributed by atoms with Gasteiger partial charge in [-0.3, -0.25) is 4.79 Å². The molecule has 1 aromatic rings. The SMILES string of the molecule is CCc1ccc(CBr)c(CC(=O)OC)c1C#N. The third kappa shape index (κ3) is 3.07. The number of carbonyl (C=O) groups is 1. The lowest BCUT2D eigenvalue weighted by Crippen LogP contribution is -2.09. The second-order valence-electron chi connectivity index (χ2n) is 3.59. The molecular formula is C13H14BrNO2. The van der Waals surface area contributed by atoms with Gasteiger partial charge in [-0.05, 0) is 23.1 Å². The summed E-state index contributed by atoms with van der Waals surface area (Å²) in [5.41, 5.74) is 3.31. The van der Waals surface area contributed by atoms with Gasteiger partial charge in [0.15, 0.2) is 0 Å². The van der Waals surface area contributed by atoms with Crippen LogP contribution >= 0.6 is 15.9 Å². The van der Waals surface area contributed by atoms with Crippen molar-refractivity contribution in [2.24, 2.45) is 0 Å². The van der Waals surface area contributed by atoms with E-state index in [1.54, 1.807) is 0 Å². The number of rotatable bonds is 4. The molecular weight excluding hydrogens is 282 g/mol. The molecule has 0 radical (unpaired) electrons. The molecule has 0 saturated heterocycles. The van der Waals surface area contributed by atoms with Crippen molar-refractivity contribution < 1.29 is 9.53 Å². The Kier molecular flexibility index (Phi) is 5.17. The van der Waals surface area contributed by atoms with Gasteiger partial charge in [0.05, 0.1) is 25.2 Å². The summed E-state index contributed by atoms with van der Waals surface area (Å²) in [4.78, 5) is 11.4. The number of ether oxygens (including phenoxy) is 1. The van der Waals surface area contributed by atoms with E-state index in [9.17, 15) is 10.1 Å². The summed E-state index contributed by atoms with van der Waals surface area (Å²) in [7, 11) is 1.35. The monoisotopic (exact) mass is 295 g/mol. The molecule has 0 aliphatic rings. The van der Waals surface area contributed by atoms with Gasteiger partial charge in [0.1, 0.15) is 0 Å². The van der Waals surface area contributed by atoms with E-state index in [1.165, 1.54) is 7.11 Å². The van der Waals surface area contributed by atoms with Gasteiger partial charge >= 0.3 is 5.97 Å². The Morgan fingerprint density at radius 2 is 2.12 bits per heavy atom. The number of hydrogen-bond acceptors (Lipinski definition) is 3. The molecule has 90 valence electrons. The third-order valence-corrected chi connectivity index (χ3v) is 3.29. The Labute approximate surface area is 110 Å². The summed E-state index contributed by atoms with van der Waals surface area (Å²) in [5, 5.41) is 9.84. The number of hydrogen-bond donors (Lipinski definition) is 0. The number of alkyl halides is 1. The average molecular weight is 296 g/mol. The molecule has 0 fully saturated rings. The van der Waals surface area contributed by atoms with E-state index in [0.717, 1.165) is 23.1 Å². The standard InChI is InChI=1S/C13H14BrNO2/c1-3-9-4-5-10(7-14)11(12(9)8-15)6-13(16)17-2/h4-5H,3,6-7H2,1-2H3. The van der Waals surface area contributed by atoms with Crippen LogP contribution in [0.3, 0.4) is 0 Å². The Hall–Kier alpha value is -1.34. The maximum Gasteiger partial charge on any atom is 0.310 e. The van der Waals surface area contributed by atoms with E-state index < -0.39 is 0 Å². The largest absolute Gasteiger partial charge is 0.469 e. The molecule has 0 spiro atoms. The molecule has 0 saturated carbocycles. The average Bonchev–Trinajstić information content (AvgIpc) is 2.37. The highest BCUT2D eigenvalue weighted by Crippen LogP contribution is 2.22. The molecule has 3 nitrogen and oxygen atoms in total. The fraction of sp³-hybridized carbons (Fsp3) is 0.385. The summed E-state index contributed by atoms with van der Waals surface area (Å²) in [5.74, 6) is -0.322. The molecule has 0 aromatic heterocycles. The third-order valence-electron chi connectivity index (χ3n) is 2.68. The van der Waals surface area contributed by atoms with Crippen molar-refractivity contribution in [1.82, 2.24) is 0 Å². The molecule has 4 heteroatoms. The molecule has 0 amide bonds. The van der Waals surface area contributed by atoms with Crippen molar-refractivity contribution in [1.29, 1.82) is 5.26 Å². The number of methoxy groups -OCH3 is 1. The number of esters is 1. The fourth-order valence-corrected chi connectivity index (χ4v) is 2.24. The van der Waals surface area contributed by atoms with Gasteiger partial charge in [0.25, 0.3) is 0 Å². The zero-order chi connectivity index (χ0) is 12.8. The first-order chi connectivity index (χ1) is 8.17. The topological polar surface area (TPSA) is 50.1 Å². The van der Waals surface area contributed by atoms with E-state index in [1.807, 2.05) is 19.1 Å². The normalized spacial score (nSPS) is 9.76. The van der Waals surface area contributed by atoms with Crippen molar-refractivity contribution in [3.63, 3.8) is 0 Å². The van der Waals surface area contributed by atoms with Gasteiger partial charge in [-0.1, -0.05) is 35.0 Å². The van der Waals surface area contributed by atoms with Crippen LogP contribution in [-0.4, -0.2) is 13.1 Å².